The molecule has 1 atom stereocenters. The van der Waals surface area contributed by atoms with Crippen molar-refractivity contribution in [2.75, 3.05) is 24.5 Å². The zero-order chi connectivity index (χ0) is 28.6. The van der Waals surface area contributed by atoms with Gasteiger partial charge in [0, 0.05) is 18.6 Å². The number of hydrogen-bond donors (Lipinski definition) is 1. The molecule has 0 saturated carbocycles. The second kappa shape index (κ2) is 13.5. The summed E-state index contributed by atoms with van der Waals surface area (Å²) in [4.78, 5) is 28.2. The topological polar surface area (TPSA) is 96.0 Å². The van der Waals surface area contributed by atoms with Crippen LogP contribution in [0.25, 0.3) is 0 Å². The van der Waals surface area contributed by atoms with Gasteiger partial charge in [0.15, 0.2) is 0 Å². The van der Waals surface area contributed by atoms with Crippen LogP contribution in [0.2, 0.25) is 5.02 Å². The third kappa shape index (κ3) is 7.30. The Kier molecular flexibility index (Phi) is 10.4. The molecule has 2 amide bonds. The smallest absolute Gasteiger partial charge is 0.264 e. The molecule has 3 aromatic carbocycles. The SMILES string of the molecule is CCOc1ccc(N(CC(=O)N(Cc2ccccc2C)[C@@H](CC)C(=O)NC)S(=O)(=O)c2ccc(Cl)cc2)cc1. The maximum atomic E-state index is 14.0. The van der Waals surface area contributed by atoms with Gasteiger partial charge in [-0.1, -0.05) is 42.8 Å². The summed E-state index contributed by atoms with van der Waals surface area (Å²) in [5, 5.41) is 3.01. The Bertz CT molecular complexity index is 1380. The van der Waals surface area contributed by atoms with Crippen molar-refractivity contribution in [2.24, 2.45) is 0 Å². The summed E-state index contributed by atoms with van der Waals surface area (Å²) in [5.74, 6) is -0.268. The molecule has 0 fully saturated rings. The third-order valence-electron chi connectivity index (χ3n) is 6.35. The Labute approximate surface area is 235 Å². The number of nitrogens with zero attached hydrogens (tertiary/aromatic N) is 2. The molecular weight excluding hydrogens is 538 g/mol. The summed E-state index contributed by atoms with van der Waals surface area (Å²) in [6, 6.07) is 19.0. The summed E-state index contributed by atoms with van der Waals surface area (Å²) in [6.07, 6.45) is 0.351. The summed E-state index contributed by atoms with van der Waals surface area (Å²) < 4.78 is 34.3. The van der Waals surface area contributed by atoms with Gasteiger partial charge in [-0.05, 0) is 79.9 Å². The number of carbonyl (C=O) groups is 2. The van der Waals surface area contributed by atoms with Crippen molar-refractivity contribution in [1.29, 1.82) is 0 Å². The fourth-order valence-electron chi connectivity index (χ4n) is 4.19. The lowest BCUT2D eigenvalue weighted by Crippen LogP contribution is -2.51. The van der Waals surface area contributed by atoms with Crippen LogP contribution in [0.1, 0.15) is 31.4 Å². The average Bonchev–Trinajstić information content (AvgIpc) is 2.93. The Balaban J connectivity index is 2.07. The van der Waals surface area contributed by atoms with Crippen LogP contribution in [0.4, 0.5) is 5.69 Å². The molecule has 3 aromatic rings. The van der Waals surface area contributed by atoms with Gasteiger partial charge in [-0.3, -0.25) is 13.9 Å². The van der Waals surface area contributed by atoms with Crippen LogP contribution < -0.4 is 14.4 Å². The number of amides is 2. The highest BCUT2D eigenvalue weighted by Gasteiger charge is 2.33. The minimum Gasteiger partial charge on any atom is -0.494 e. The quantitative estimate of drug-likeness (QED) is 0.337. The van der Waals surface area contributed by atoms with Crippen LogP contribution in [0.3, 0.4) is 0 Å². The molecule has 0 heterocycles. The number of rotatable bonds is 12. The summed E-state index contributed by atoms with van der Waals surface area (Å²) in [7, 11) is -2.67. The van der Waals surface area contributed by atoms with E-state index < -0.39 is 28.5 Å². The fraction of sp³-hybridized carbons (Fsp3) is 0.310. The van der Waals surface area contributed by atoms with Gasteiger partial charge in [0.05, 0.1) is 17.2 Å². The summed E-state index contributed by atoms with van der Waals surface area (Å²) in [5.41, 5.74) is 2.10. The van der Waals surface area contributed by atoms with E-state index in [2.05, 4.69) is 5.32 Å². The fourth-order valence-corrected chi connectivity index (χ4v) is 5.74. The summed E-state index contributed by atoms with van der Waals surface area (Å²) in [6.45, 7) is 5.68. The minimum atomic E-state index is -4.18. The number of sulfonamides is 1. The second-order valence-corrected chi connectivity index (χ2v) is 11.2. The second-order valence-electron chi connectivity index (χ2n) is 8.88. The highest BCUT2D eigenvalue weighted by atomic mass is 35.5. The first-order valence-electron chi connectivity index (χ1n) is 12.7. The van der Waals surface area contributed by atoms with Crippen molar-refractivity contribution in [1.82, 2.24) is 10.2 Å². The van der Waals surface area contributed by atoms with E-state index in [4.69, 9.17) is 16.3 Å². The molecule has 0 spiro atoms. The molecule has 8 nitrogen and oxygen atoms in total. The molecule has 0 bridgehead atoms. The predicted octanol–water partition coefficient (Wildman–Crippen LogP) is 4.80. The normalized spacial score (nSPS) is 11.9. The van der Waals surface area contributed by atoms with E-state index in [1.165, 1.54) is 36.2 Å². The van der Waals surface area contributed by atoms with Gasteiger partial charge >= 0.3 is 0 Å². The lowest BCUT2D eigenvalue weighted by molar-refractivity contribution is -0.140. The Morgan fingerprint density at radius 1 is 0.974 bits per heavy atom. The number of nitrogens with one attached hydrogen (secondary N) is 1. The molecule has 0 unspecified atom stereocenters. The van der Waals surface area contributed by atoms with Crippen LogP contribution in [0.15, 0.2) is 77.7 Å². The first-order valence-corrected chi connectivity index (χ1v) is 14.5. The minimum absolute atomic E-state index is 0.0163. The van der Waals surface area contributed by atoms with Crippen LogP contribution in [0, 0.1) is 6.92 Å². The predicted molar refractivity (Wildman–Crippen MR) is 153 cm³/mol. The number of ether oxygens (including phenoxy) is 1. The van der Waals surface area contributed by atoms with Crippen molar-refractivity contribution in [3.63, 3.8) is 0 Å². The van der Waals surface area contributed by atoms with E-state index in [9.17, 15) is 18.0 Å². The monoisotopic (exact) mass is 571 g/mol. The Hall–Kier alpha value is -3.56. The van der Waals surface area contributed by atoms with Crippen molar-refractivity contribution < 1.29 is 22.7 Å². The molecule has 0 aliphatic rings. The molecule has 208 valence electrons. The van der Waals surface area contributed by atoms with Gasteiger partial charge in [0.2, 0.25) is 11.8 Å². The van der Waals surface area contributed by atoms with Gasteiger partial charge in [0.25, 0.3) is 10.0 Å². The lowest BCUT2D eigenvalue weighted by atomic mass is 10.1. The Morgan fingerprint density at radius 3 is 2.18 bits per heavy atom. The van der Waals surface area contributed by atoms with E-state index in [0.717, 1.165) is 15.4 Å². The van der Waals surface area contributed by atoms with Gasteiger partial charge in [0.1, 0.15) is 18.3 Å². The number of benzene rings is 3. The Morgan fingerprint density at radius 2 is 1.62 bits per heavy atom. The number of likely N-dealkylation sites (N-methyl/N-ethyl adjacent to an activating group) is 1. The number of carbonyl (C=O) groups excluding carboxylic acids is 2. The largest absolute Gasteiger partial charge is 0.494 e. The highest BCUT2D eigenvalue weighted by Crippen LogP contribution is 2.27. The maximum Gasteiger partial charge on any atom is 0.264 e. The first-order chi connectivity index (χ1) is 18.6. The van der Waals surface area contributed by atoms with Crippen LogP contribution in [0.5, 0.6) is 5.75 Å². The van der Waals surface area contributed by atoms with Crippen molar-refractivity contribution in [2.45, 2.75) is 44.7 Å². The van der Waals surface area contributed by atoms with Crippen LogP contribution >= 0.6 is 11.6 Å². The third-order valence-corrected chi connectivity index (χ3v) is 8.39. The standard InChI is InChI=1S/C29H34ClN3O5S/c1-5-27(29(35)31-4)32(19-22-10-8-7-9-21(22)3)28(34)20-33(24-13-15-25(16-14-24)38-6-2)39(36,37)26-17-11-23(30)12-18-26/h7-18,27H,5-6,19-20H2,1-4H3,(H,31,35)/t27-/m0/s1. The van der Waals surface area contributed by atoms with E-state index >= 15 is 0 Å². The van der Waals surface area contributed by atoms with Crippen molar-refractivity contribution in [3.05, 3.63) is 88.9 Å². The van der Waals surface area contributed by atoms with Crippen LogP contribution in [-0.2, 0) is 26.2 Å². The number of aryl methyl sites for hydroxylation is 1. The average molecular weight is 572 g/mol. The number of hydrogen-bond acceptors (Lipinski definition) is 5. The van der Waals surface area contributed by atoms with Crippen molar-refractivity contribution in [3.8, 4) is 5.75 Å². The van der Waals surface area contributed by atoms with E-state index in [1.807, 2.05) is 45.0 Å². The van der Waals surface area contributed by atoms with E-state index in [0.29, 0.717) is 23.8 Å². The maximum absolute atomic E-state index is 14.0. The lowest BCUT2D eigenvalue weighted by Gasteiger charge is -2.33. The number of anilines is 1. The van der Waals surface area contributed by atoms with Gasteiger partial charge < -0.3 is 15.0 Å². The molecule has 0 aliphatic heterocycles. The molecule has 10 heteroatoms. The summed E-state index contributed by atoms with van der Waals surface area (Å²) >= 11 is 5.99. The molecule has 0 aliphatic carbocycles. The first kappa shape index (κ1) is 30.0. The van der Waals surface area contributed by atoms with Gasteiger partial charge in [-0.15, -0.1) is 0 Å². The molecule has 0 aromatic heterocycles. The zero-order valence-electron chi connectivity index (χ0n) is 22.6. The van der Waals surface area contributed by atoms with E-state index in [-0.39, 0.29) is 23.0 Å². The van der Waals surface area contributed by atoms with Crippen LogP contribution in [-0.4, -0.2) is 51.4 Å². The molecule has 39 heavy (non-hydrogen) atoms. The zero-order valence-corrected chi connectivity index (χ0v) is 24.1. The molecule has 0 saturated heterocycles. The number of halogens is 1. The molecule has 3 rings (SSSR count). The van der Waals surface area contributed by atoms with Crippen molar-refractivity contribution >= 4 is 39.1 Å². The highest BCUT2D eigenvalue weighted by molar-refractivity contribution is 7.92. The molecule has 1 N–H and O–H groups in total. The van der Waals surface area contributed by atoms with Gasteiger partial charge in [-0.25, -0.2) is 8.42 Å². The van der Waals surface area contributed by atoms with Gasteiger partial charge in [-0.2, -0.15) is 0 Å². The molecule has 0 radical (unpaired) electrons. The molecular formula is C29H34ClN3O5S. The van der Waals surface area contributed by atoms with E-state index in [1.54, 1.807) is 24.3 Å².